The van der Waals surface area contributed by atoms with Crippen molar-refractivity contribution in [2.24, 2.45) is 0 Å². The number of hydrogen-bond donors (Lipinski definition) is 2. The van der Waals surface area contributed by atoms with Crippen LogP contribution < -0.4 is 10.1 Å². The smallest absolute Gasteiger partial charge is 0.465 e. The van der Waals surface area contributed by atoms with Gasteiger partial charge in [-0.05, 0) is 26.8 Å². The number of ether oxygens (including phenoxy) is 2. The molecule has 1 aromatic heterocycles. The van der Waals surface area contributed by atoms with Crippen molar-refractivity contribution in [2.75, 3.05) is 0 Å². The van der Waals surface area contributed by atoms with Gasteiger partial charge in [-0.15, -0.1) is 0 Å². The number of aromatic nitrogens is 1. The molecule has 19 heavy (non-hydrogen) atoms. The second kappa shape index (κ2) is 6.03. The fourth-order valence-electron chi connectivity index (χ4n) is 1.18. The van der Waals surface area contributed by atoms with E-state index in [2.05, 4.69) is 10.3 Å². The summed E-state index contributed by atoms with van der Waals surface area (Å²) in [5, 5.41) is 10.7. The molecule has 1 aromatic rings. The minimum atomic E-state index is -1.17. The topological polar surface area (TPSA) is 97.8 Å². The van der Waals surface area contributed by atoms with Crippen molar-refractivity contribution in [2.45, 2.75) is 32.9 Å². The van der Waals surface area contributed by atoms with Crippen LogP contribution >= 0.6 is 0 Å². The monoisotopic (exact) mass is 268 g/mol. The summed E-state index contributed by atoms with van der Waals surface area (Å²) in [6.07, 6.45) is 0.765. The zero-order valence-corrected chi connectivity index (χ0v) is 11.0. The Balaban J connectivity index is 2.72. The summed E-state index contributed by atoms with van der Waals surface area (Å²) in [5.74, 6) is 0.158. The van der Waals surface area contributed by atoms with Crippen molar-refractivity contribution in [1.29, 1.82) is 0 Å². The molecule has 1 heterocycles. The standard InChI is InChI=1S/C12H16N2O5/c1-12(2,3)19-11(17)18-9-7-13-5-4-8(9)6-14-10(15)16/h4-5,7,14H,6H2,1-3H3,(H,15,16). The average molecular weight is 268 g/mol. The zero-order valence-electron chi connectivity index (χ0n) is 11.0. The van der Waals surface area contributed by atoms with Gasteiger partial charge >= 0.3 is 12.2 Å². The number of rotatable bonds is 3. The van der Waals surface area contributed by atoms with E-state index in [0.717, 1.165) is 0 Å². The molecule has 1 amide bonds. The van der Waals surface area contributed by atoms with Crippen LogP contribution in [-0.4, -0.2) is 27.9 Å². The third-order valence-corrected chi connectivity index (χ3v) is 1.88. The second-order valence-corrected chi connectivity index (χ2v) is 4.71. The molecule has 0 radical (unpaired) electrons. The van der Waals surface area contributed by atoms with E-state index in [4.69, 9.17) is 14.6 Å². The van der Waals surface area contributed by atoms with E-state index >= 15 is 0 Å². The fraction of sp³-hybridized carbons (Fsp3) is 0.417. The van der Waals surface area contributed by atoms with Gasteiger partial charge in [0.1, 0.15) is 5.60 Å². The Morgan fingerprint density at radius 3 is 2.68 bits per heavy atom. The molecule has 0 atom stereocenters. The molecule has 7 nitrogen and oxygen atoms in total. The van der Waals surface area contributed by atoms with Crippen LogP contribution in [0.4, 0.5) is 9.59 Å². The predicted octanol–water partition coefficient (Wildman–Crippen LogP) is 2.16. The van der Waals surface area contributed by atoms with Crippen molar-refractivity contribution >= 4 is 12.2 Å². The lowest BCUT2D eigenvalue weighted by atomic mass is 10.2. The molecule has 0 aliphatic rings. The molecule has 0 bridgehead atoms. The number of carbonyl (C=O) groups excluding carboxylic acids is 1. The number of nitrogens with zero attached hydrogens (tertiary/aromatic N) is 1. The Morgan fingerprint density at radius 1 is 1.42 bits per heavy atom. The van der Waals surface area contributed by atoms with Gasteiger partial charge in [-0.1, -0.05) is 0 Å². The van der Waals surface area contributed by atoms with Crippen LogP contribution in [0, 0.1) is 0 Å². The Bertz CT molecular complexity index is 467. The maximum absolute atomic E-state index is 11.5. The van der Waals surface area contributed by atoms with E-state index in [9.17, 15) is 9.59 Å². The van der Waals surface area contributed by atoms with Gasteiger partial charge in [0.15, 0.2) is 5.75 Å². The van der Waals surface area contributed by atoms with Gasteiger partial charge in [-0.3, -0.25) is 4.98 Å². The highest BCUT2D eigenvalue weighted by molar-refractivity contribution is 5.66. The first-order valence-corrected chi connectivity index (χ1v) is 5.58. The van der Waals surface area contributed by atoms with Crippen LogP contribution in [0.25, 0.3) is 0 Å². The summed E-state index contributed by atoms with van der Waals surface area (Å²) in [4.78, 5) is 25.8. The Labute approximate surface area is 110 Å². The fourth-order valence-corrected chi connectivity index (χ4v) is 1.18. The van der Waals surface area contributed by atoms with E-state index in [-0.39, 0.29) is 12.3 Å². The van der Waals surface area contributed by atoms with E-state index in [1.165, 1.54) is 12.4 Å². The lowest BCUT2D eigenvalue weighted by Crippen LogP contribution is -2.26. The van der Waals surface area contributed by atoms with Crippen LogP contribution in [0.2, 0.25) is 0 Å². The number of hydrogen-bond acceptors (Lipinski definition) is 5. The van der Waals surface area contributed by atoms with Crippen LogP contribution in [0.1, 0.15) is 26.3 Å². The molecule has 1 rings (SSSR count). The lowest BCUT2D eigenvalue weighted by molar-refractivity contribution is 0.0203. The number of carboxylic acid groups (broad SMARTS) is 1. The van der Waals surface area contributed by atoms with Crippen LogP contribution in [0.3, 0.4) is 0 Å². The van der Waals surface area contributed by atoms with E-state index in [1.807, 2.05) is 0 Å². The minimum absolute atomic E-state index is 0.00991. The van der Waals surface area contributed by atoms with Gasteiger partial charge < -0.3 is 19.9 Å². The summed E-state index contributed by atoms with van der Waals surface area (Å²) < 4.78 is 9.99. The molecular weight excluding hydrogens is 252 g/mol. The molecule has 104 valence electrons. The molecule has 0 spiro atoms. The van der Waals surface area contributed by atoms with Gasteiger partial charge in [0.05, 0.1) is 6.20 Å². The van der Waals surface area contributed by atoms with Crippen LogP contribution in [0.5, 0.6) is 5.75 Å². The van der Waals surface area contributed by atoms with Crippen LogP contribution in [-0.2, 0) is 11.3 Å². The highest BCUT2D eigenvalue weighted by Crippen LogP contribution is 2.18. The zero-order chi connectivity index (χ0) is 14.5. The number of nitrogens with one attached hydrogen (secondary N) is 1. The van der Waals surface area contributed by atoms with Gasteiger partial charge in [0, 0.05) is 18.3 Å². The second-order valence-electron chi connectivity index (χ2n) is 4.71. The van der Waals surface area contributed by atoms with Crippen molar-refractivity contribution < 1.29 is 24.2 Å². The van der Waals surface area contributed by atoms with Gasteiger partial charge in [-0.2, -0.15) is 0 Å². The Hall–Kier alpha value is -2.31. The minimum Gasteiger partial charge on any atom is -0.465 e. The quantitative estimate of drug-likeness (QED) is 0.815. The van der Waals surface area contributed by atoms with E-state index < -0.39 is 17.8 Å². The molecule has 0 saturated carbocycles. The van der Waals surface area contributed by atoms with Crippen molar-refractivity contribution in [1.82, 2.24) is 10.3 Å². The molecular formula is C12H16N2O5. The molecule has 0 aliphatic carbocycles. The average Bonchev–Trinajstić information content (AvgIpc) is 2.25. The summed E-state index contributed by atoms with van der Waals surface area (Å²) in [6, 6.07) is 1.55. The first-order chi connectivity index (χ1) is 8.78. The van der Waals surface area contributed by atoms with Crippen molar-refractivity contribution in [3.8, 4) is 5.75 Å². The van der Waals surface area contributed by atoms with Crippen LogP contribution in [0.15, 0.2) is 18.5 Å². The normalized spacial score (nSPS) is 10.7. The van der Waals surface area contributed by atoms with Gasteiger partial charge in [0.25, 0.3) is 0 Å². The SMILES string of the molecule is CC(C)(C)OC(=O)Oc1cnccc1CNC(=O)O. The van der Waals surface area contributed by atoms with Gasteiger partial charge in [-0.25, -0.2) is 9.59 Å². The molecule has 0 aliphatic heterocycles. The molecule has 0 fully saturated rings. The molecule has 2 N–H and O–H groups in total. The molecule has 0 unspecified atom stereocenters. The van der Waals surface area contributed by atoms with E-state index in [0.29, 0.717) is 5.56 Å². The predicted molar refractivity (Wildman–Crippen MR) is 66.0 cm³/mol. The number of carbonyl (C=O) groups is 2. The molecule has 0 saturated heterocycles. The van der Waals surface area contributed by atoms with Crippen molar-refractivity contribution in [3.05, 3.63) is 24.0 Å². The van der Waals surface area contributed by atoms with Crippen molar-refractivity contribution in [3.63, 3.8) is 0 Å². The third kappa shape index (κ3) is 5.71. The van der Waals surface area contributed by atoms with Gasteiger partial charge in [0.2, 0.25) is 0 Å². The number of pyridine rings is 1. The highest BCUT2D eigenvalue weighted by atomic mass is 16.7. The summed E-state index contributed by atoms with van der Waals surface area (Å²) >= 11 is 0. The summed E-state index contributed by atoms with van der Waals surface area (Å²) in [6.45, 7) is 5.15. The maximum atomic E-state index is 11.5. The first-order valence-electron chi connectivity index (χ1n) is 5.58. The maximum Gasteiger partial charge on any atom is 0.514 e. The van der Waals surface area contributed by atoms with E-state index in [1.54, 1.807) is 26.8 Å². The number of amides is 1. The largest absolute Gasteiger partial charge is 0.514 e. The Morgan fingerprint density at radius 2 is 2.11 bits per heavy atom. The third-order valence-electron chi connectivity index (χ3n) is 1.88. The molecule has 7 heteroatoms. The molecule has 0 aromatic carbocycles. The highest BCUT2D eigenvalue weighted by Gasteiger charge is 2.19. The Kier molecular flexibility index (Phi) is 4.68. The summed E-state index contributed by atoms with van der Waals surface area (Å²) in [7, 11) is 0. The lowest BCUT2D eigenvalue weighted by Gasteiger charge is -2.19. The first kappa shape index (κ1) is 14.7. The summed E-state index contributed by atoms with van der Waals surface area (Å²) in [5.41, 5.74) is -0.179.